The number of amides is 1. The number of carbonyl (C=O) groups excluding carboxylic acids is 1. The molecule has 0 saturated carbocycles. The molecule has 0 aromatic heterocycles. The Labute approximate surface area is 106 Å². The Morgan fingerprint density at radius 1 is 1.29 bits per heavy atom. The Morgan fingerprint density at radius 2 is 1.94 bits per heavy atom. The van der Waals surface area contributed by atoms with Gasteiger partial charge in [0.15, 0.2) is 0 Å². The summed E-state index contributed by atoms with van der Waals surface area (Å²) in [4.78, 5) is 14.5. The maximum atomic E-state index is 12.4. The van der Waals surface area contributed by atoms with Crippen LogP contribution in [0.1, 0.15) is 47.0 Å². The third-order valence-electron chi connectivity index (χ3n) is 3.82. The van der Waals surface area contributed by atoms with E-state index in [4.69, 9.17) is 0 Å². The highest BCUT2D eigenvalue weighted by molar-refractivity contribution is 5.79. The van der Waals surface area contributed by atoms with Crippen molar-refractivity contribution in [3.05, 3.63) is 0 Å². The smallest absolute Gasteiger partial charge is 0.226 e. The zero-order chi connectivity index (χ0) is 12.8. The molecule has 0 radical (unpaired) electrons. The van der Waals surface area contributed by atoms with Crippen molar-refractivity contribution in [1.29, 1.82) is 0 Å². The average molecular weight is 240 g/mol. The van der Waals surface area contributed by atoms with Crippen LogP contribution in [-0.2, 0) is 4.79 Å². The van der Waals surface area contributed by atoms with Crippen LogP contribution in [-0.4, -0.2) is 36.5 Å². The maximum absolute atomic E-state index is 12.4. The second kappa shape index (κ2) is 7.00. The lowest BCUT2D eigenvalue weighted by molar-refractivity contribution is -0.139. The standard InChI is InChI=1S/C14H28N2O/c1-5-6-7-8-16(11(2)3)14(17)12(4)13-9-15-10-13/h11-13,15H,5-10H2,1-4H3. The number of hydrogen-bond acceptors (Lipinski definition) is 2. The van der Waals surface area contributed by atoms with Crippen molar-refractivity contribution in [3.8, 4) is 0 Å². The average Bonchev–Trinajstić information content (AvgIpc) is 2.20. The molecular weight excluding hydrogens is 212 g/mol. The van der Waals surface area contributed by atoms with Gasteiger partial charge in [-0.3, -0.25) is 4.79 Å². The Balaban J connectivity index is 2.46. The van der Waals surface area contributed by atoms with Crippen molar-refractivity contribution in [2.24, 2.45) is 11.8 Å². The second-order valence-corrected chi connectivity index (χ2v) is 5.54. The molecule has 1 rings (SSSR count). The molecule has 0 aliphatic carbocycles. The van der Waals surface area contributed by atoms with E-state index in [0.29, 0.717) is 17.9 Å². The Hall–Kier alpha value is -0.570. The summed E-state index contributed by atoms with van der Waals surface area (Å²) in [7, 11) is 0. The molecule has 0 aromatic rings. The lowest BCUT2D eigenvalue weighted by Gasteiger charge is -2.36. The van der Waals surface area contributed by atoms with E-state index >= 15 is 0 Å². The van der Waals surface area contributed by atoms with E-state index in [0.717, 1.165) is 26.1 Å². The third kappa shape index (κ3) is 3.98. The molecule has 1 N–H and O–H groups in total. The first kappa shape index (κ1) is 14.5. The molecule has 17 heavy (non-hydrogen) atoms. The van der Waals surface area contributed by atoms with Crippen LogP contribution >= 0.6 is 0 Å². The van der Waals surface area contributed by atoms with Gasteiger partial charge in [0, 0.05) is 18.5 Å². The SMILES string of the molecule is CCCCCN(C(=O)C(C)C1CNC1)C(C)C. The quantitative estimate of drug-likeness (QED) is 0.692. The summed E-state index contributed by atoms with van der Waals surface area (Å²) in [6.45, 7) is 11.5. The number of unbranched alkanes of at least 4 members (excludes halogenated alkanes) is 2. The minimum Gasteiger partial charge on any atom is -0.340 e. The number of nitrogens with one attached hydrogen (secondary N) is 1. The third-order valence-corrected chi connectivity index (χ3v) is 3.82. The minimum atomic E-state index is 0.181. The Bertz CT molecular complexity index is 236. The van der Waals surface area contributed by atoms with E-state index < -0.39 is 0 Å². The summed E-state index contributed by atoms with van der Waals surface area (Å²) in [5, 5.41) is 3.25. The van der Waals surface area contributed by atoms with Gasteiger partial charge < -0.3 is 10.2 Å². The van der Waals surface area contributed by atoms with E-state index in [1.165, 1.54) is 12.8 Å². The first-order valence-corrected chi connectivity index (χ1v) is 7.09. The predicted molar refractivity (Wildman–Crippen MR) is 71.9 cm³/mol. The Morgan fingerprint density at radius 3 is 2.35 bits per heavy atom. The zero-order valence-corrected chi connectivity index (χ0v) is 11.8. The molecule has 1 saturated heterocycles. The van der Waals surface area contributed by atoms with Crippen LogP contribution in [0.15, 0.2) is 0 Å². The molecule has 0 aromatic carbocycles. The van der Waals surface area contributed by atoms with E-state index in [9.17, 15) is 4.79 Å². The van der Waals surface area contributed by atoms with Gasteiger partial charge in [-0.2, -0.15) is 0 Å². The molecule has 100 valence electrons. The topological polar surface area (TPSA) is 32.3 Å². The molecule has 1 aliphatic rings. The summed E-state index contributed by atoms with van der Waals surface area (Å²) < 4.78 is 0. The van der Waals surface area contributed by atoms with Crippen molar-refractivity contribution in [2.45, 2.75) is 53.0 Å². The van der Waals surface area contributed by atoms with E-state index in [2.05, 4.69) is 37.9 Å². The molecule has 1 fully saturated rings. The molecule has 1 atom stereocenters. The van der Waals surface area contributed by atoms with Crippen LogP contribution in [0.5, 0.6) is 0 Å². The van der Waals surface area contributed by atoms with Crippen molar-refractivity contribution in [1.82, 2.24) is 10.2 Å². The van der Waals surface area contributed by atoms with Crippen LogP contribution in [0, 0.1) is 11.8 Å². The summed E-state index contributed by atoms with van der Waals surface area (Å²) in [5.41, 5.74) is 0. The van der Waals surface area contributed by atoms with Crippen LogP contribution in [0.25, 0.3) is 0 Å². The van der Waals surface area contributed by atoms with Crippen LogP contribution in [0.4, 0.5) is 0 Å². The zero-order valence-electron chi connectivity index (χ0n) is 11.8. The highest BCUT2D eigenvalue weighted by Crippen LogP contribution is 2.20. The lowest BCUT2D eigenvalue weighted by Crippen LogP contribution is -2.51. The van der Waals surface area contributed by atoms with Gasteiger partial charge in [-0.25, -0.2) is 0 Å². The summed E-state index contributed by atoms with van der Waals surface area (Å²) in [6, 6.07) is 0.329. The fourth-order valence-electron chi connectivity index (χ4n) is 2.28. The van der Waals surface area contributed by atoms with Crippen LogP contribution < -0.4 is 5.32 Å². The second-order valence-electron chi connectivity index (χ2n) is 5.54. The fraction of sp³-hybridized carbons (Fsp3) is 0.929. The largest absolute Gasteiger partial charge is 0.340 e. The first-order valence-electron chi connectivity index (χ1n) is 7.09. The van der Waals surface area contributed by atoms with Gasteiger partial charge in [0.25, 0.3) is 0 Å². The molecule has 1 amide bonds. The van der Waals surface area contributed by atoms with Crippen molar-refractivity contribution in [2.75, 3.05) is 19.6 Å². The van der Waals surface area contributed by atoms with Crippen molar-refractivity contribution >= 4 is 5.91 Å². The van der Waals surface area contributed by atoms with Gasteiger partial charge in [0.05, 0.1) is 0 Å². The molecular formula is C14H28N2O. The fourth-order valence-corrected chi connectivity index (χ4v) is 2.28. The van der Waals surface area contributed by atoms with Crippen LogP contribution in [0.3, 0.4) is 0 Å². The van der Waals surface area contributed by atoms with E-state index in [1.54, 1.807) is 0 Å². The summed E-state index contributed by atoms with van der Waals surface area (Å²) in [6.07, 6.45) is 3.56. The molecule has 0 bridgehead atoms. The lowest BCUT2D eigenvalue weighted by atomic mass is 9.87. The van der Waals surface area contributed by atoms with Crippen molar-refractivity contribution in [3.63, 3.8) is 0 Å². The van der Waals surface area contributed by atoms with E-state index in [1.807, 2.05) is 0 Å². The Kier molecular flexibility index (Phi) is 5.96. The first-order chi connectivity index (χ1) is 8.07. The summed E-state index contributed by atoms with van der Waals surface area (Å²) in [5.74, 6) is 1.08. The van der Waals surface area contributed by atoms with Crippen LogP contribution in [0.2, 0.25) is 0 Å². The van der Waals surface area contributed by atoms with E-state index in [-0.39, 0.29) is 5.92 Å². The number of nitrogens with zero attached hydrogens (tertiary/aromatic N) is 1. The van der Waals surface area contributed by atoms with Gasteiger partial charge in [0.1, 0.15) is 0 Å². The van der Waals surface area contributed by atoms with Gasteiger partial charge in [-0.15, -0.1) is 0 Å². The molecule has 1 aliphatic heterocycles. The molecule has 3 heteroatoms. The molecule has 1 heterocycles. The van der Waals surface area contributed by atoms with Gasteiger partial charge in [-0.1, -0.05) is 26.7 Å². The van der Waals surface area contributed by atoms with Gasteiger partial charge in [-0.05, 0) is 39.3 Å². The molecule has 0 spiro atoms. The summed E-state index contributed by atoms with van der Waals surface area (Å²) >= 11 is 0. The minimum absolute atomic E-state index is 0.181. The monoisotopic (exact) mass is 240 g/mol. The normalized spacial score (nSPS) is 17.9. The number of carbonyl (C=O) groups is 1. The van der Waals surface area contributed by atoms with Gasteiger partial charge in [0.2, 0.25) is 5.91 Å². The number of hydrogen-bond donors (Lipinski definition) is 1. The van der Waals surface area contributed by atoms with Crippen molar-refractivity contribution < 1.29 is 4.79 Å². The van der Waals surface area contributed by atoms with Gasteiger partial charge >= 0.3 is 0 Å². The number of rotatable bonds is 7. The highest BCUT2D eigenvalue weighted by atomic mass is 16.2. The molecule has 1 unspecified atom stereocenters. The predicted octanol–water partition coefficient (Wildman–Crippen LogP) is 2.27. The highest BCUT2D eigenvalue weighted by Gasteiger charge is 2.32. The molecule has 3 nitrogen and oxygen atoms in total. The maximum Gasteiger partial charge on any atom is 0.226 e.